The molecule has 0 radical (unpaired) electrons. The molecule has 5 rings (SSSR count). The zero-order chi connectivity index (χ0) is 28.6. The lowest BCUT2D eigenvalue weighted by atomic mass is 9.95. The number of carboxylic acid groups (broad SMARTS) is 1. The number of thiazole rings is 1. The van der Waals surface area contributed by atoms with Crippen LogP contribution in [0.3, 0.4) is 0 Å². The maximum atomic E-state index is 13.8. The maximum absolute atomic E-state index is 13.8. The third-order valence-corrected chi connectivity index (χ3v) is 7.55. The number of furan rings is 1. The number of carbonyl (C=O) groups excluding carboxylic acids is 1. The Balaban J connectivity index is 1.63. The topological polar surface area (TPSA) is 114 Å². The second-order valence-corrected chi connectivity index (χ2v) is 10.4. The lowest BCUT2D eigenvalue weighted by Gasteiger charge is -2.25. The van der Waals surface area contributed by atoms with Crippen LogP contribution < -0.4 is 19.8 Å². The molecule has 1 aliphatic rings. The summed E-state index contributed by atoms with van der Waals surface area (Å²) in [4.78, 5) is 45.5. The standard InChI is InChI=1S/C30H27N3O6S/c1-5-38-29(37)25-17(2)31-30-33(26(25)18-10-12-19(13-11-18)32(3)4)27(34)24(40-30)16-20-14-15-23(39-20)21-8-6-7-9-22(21)28(35)36/h6-16,26H,5H2,1-4H3,(H,35,36)/b24-16-/t26-/m0/s1. The van der Waals surface area contributed by atoms with Crippen LogP contribution in [-0.4, -0.2) is 42.3 Å². The average molecular weight is 558 g/mol. The Morgan fingerprint density at radius 3 is 2.52 bits per heavy atom. The van der Waals surface area contributed by atoms with Gasteiger partial charge in [0, 0.05) is 31.4 Å². The minimum absolute atomic E-state index is 0.116. The Kier molecular flexibility index (Phi) is 7.27. The van der Waals surface area contributed by atoms with E-state index in [0.717, 1.165) is 11.3 Å². The first-order valence-electron chi connectivity index (χ1n) is 12.6. The van der Waals surface area contributed by atoms with Crippen molar-refractivity contribution >= 4 is 35.0 Å². The molecule has 204 valence electrons. The van der Waals surface area contributed by atoms with E-state index in [9.17, 15) is 19.5 Å². The number of anilines is 1. The Bertz CT molecular complexity index is 1830. The molecule has 0 fully saturated rings. The number of allylic oxidation sites excluding steroid dienone is 1. The number of carbonyl (C=O) groups is 2. The minimum Gasteiger partial charge on any atom is -0.478 e. The third kappa shape index (κ3) is 4.89. The Morgan fingerprint density at radius 2 is 1.85 bits per heavy atom. The zero-order valence-corrected chi connectivity index (χ0v) is 23.2. The Hall–Kier alpha value is -4.70. The number of hydrogen-bond donors (Lipinski definition) is 1. The first-order valence-corrected chi connectivity index (χ1v) is 13.4. The second-order valence-electron chi connectivity index (χ2n) is 9.34. The van der Waals surface area contributed by atoms with Gasteiger partial charge >= 0.3 is 11.9 Å². The highest BCUT2D eigenvalue weighted by Gasteiger charge is 2.33. The first-order chi connectivity index (χ1) is 19.2. The van der Waals surface area contributed by atoms with Crippen molar-refractivity contribution in [2.24, 2.45) is 4.99 Å². The summed E-state index contributed by atoms with van der Waals surface area (Å²) in [5.74, 6) is -0.828. The number of aromatic nitrogens is 1. The molecule has 0 bridgehead atoms. The summed E-state index contributed by atoms with van der Waals surface area (Å²) in [6.45, 7) is 3.66. The van der Waals surface area contributed by atoms with Crippen LogP contribution in [0.25, 0.3) is 17.4 Å². The summed E-state index contributed by atoms with van der Waals surface area (Å²) >= 11 is 1.19. The van der Waals surface area contributed by atoms with Gasteiger partial charge in [0.1, 0.15) is 11.5 Å². The molecule has 2 aromatic carbocycles. The molecule has 4 aromatic rings. The number of benzene rings is 2. The molecule has 0 spiro atoms. The first kappa shape index (κ1) is 26.9. The number of hydrogen-bond acceptors (Lipinski definition) is 8. The van der Waals surface area contributed by atoms with Crippen molar-refractivity contribution in [2.45, 2.75) is 19.9 Å². The summed E-state index contributed by atoms with van der Waals surface area (Å²) in [6, 6.07) is 16.8. The number of fused-ring (bicyclic) bond motifs is 1. The molecule has 0 amide bonds. The average Bonchev–Trinajstić information content (AvgIpc) is 3.52. The summed E-state index contributed by atoms with van der Waals surface area (Å²) < 4.78 is 13.2. The lowest BCUT2D eigenvalue weighted by Crippen LogP contribution is -2.39. The number of carboxylic acids is 1. The molecule has 10 heteroatoms. The van der Waals surface area contributed by atoms with E-state index in [2.05, 4.69) is 4.99 Å². The van der Waals surface area contributed by atoms with Crippen LogP contribution in [0.1, 0.15) is 41.6 Å². The van der Waals surface area contributed by atoms with Crippen molar-refractivity contribution in [2.75, 3.05) is 25.6 Å². The van der Waals surface area contributed by atoms with E-state index in [1.807, 2.05) is 43.3 Å². The molecule has 1 atom stereocenters. The predicted molar refractivity (Wildman–Crippen MR) is 152 cm³/mol. The molecule has 0 unspecified atom stereocenters. The monoisotopic (exact) mass is 557 g/mol. The Labute approximate surface area is 233 Å². The predicted octanol–water partition coefficient (Wildman–Crippen LogP) is 3.82. The smallest absolute Gasteiger partial charge is 0.338 e. The van der Waals surface area contributed by atoms with Gasteiger partial charge in [-0.15, -0.1) is 0 Å². The molecule has 0 saturated carbocycles. The van der Waals surface area contributed by atoms with Gasteiger partial charge in [0.15, 0.2) is 4.80 Å². The highest BCUT2D eigenvalue weighted by atomic mass is 32.1. The van der Waals surface area contributed by atoms with Crippen molar-refractivity contribution in [1.29, 1.82) is 0 Å². The highest BCUT2D eigenvalue weighted by molar-refractivity contribution is 7.07. The van der Waals surface area contributed by atoms with E-state index < -0.39 is 18.0 Å². The van der Waals surface area contributed by atoms with E-state index in [0.29, 0.717) is 37.7 Å². The van der Waals surface area contributed by atoms with E-state index in [4.69, 9.17) is 9.15 Å². The Morgan fingerprint density at radius 1 is 1.12 bits per heavy atom. The third-order valence-electron chi connectivity index (χ3n) is 6.57. The van der Waals surface area contributed by atoms with E-state index in [-0.39, 0.29) is 17.7 Å². The van der Waals surface area contributed by atoms with Crippen LogP contribution in [0.2, 0.25) is 0 Å². The highest BCUT2D eigenvalue weighted by Crippen LogP contribution is 2.32. The zero-order valence-electron chi connectivity index (χ0n) is 22.4. The molecular weight excluding hydrogens is 530 g/mol. The lowest BCUT2D eigenvalue weighted by molar-refractivity contribution is -0.139. The van der Waals surface area contributed by atoms with Crippen molar-refractivity contribution in [1.82, 2.24) is 4.57 Å². The molecule has 0 saturated heterocycles. The summed E-state index contributed by atoms with van der Waals surface area (Å²) in [6.07, 6.45) is 1.60. The summed E-state index contributed by atoms with van der Waals surface area (Å²) in [5.41, 5.74) is 2.75. The van der Waals surface area contributed by atoms with Crippen LogP contribution in [0.15, 0.2) is 86.1 Å². The molecule has 3 heterocycles. The molecular formula is C30H27N3O6S. The van der Waals surface area contributed by atoms with Crippen molar-refractivity contribution in [3.8, 4) is 11.3 Å². The van der Waals surface area contributed by atoms with Gasteiger partial charge in [-0.2, -0.15) is 0 Å². The van der Waals surface area contributed by atoms with Crippen LogP contribution >= 0.6 is 11.3 Å². The number of rotatable bonds is 7. The van der Waals surface area contributed by atoms with Crippen molar-refractivity contribution in [3.05, 3.63) is 109 Å². The van der Waals surface area contributed by atoms with Crippen LogP contribution in [0, 0.1) is 0 Å². The number of ether oxygens (including phenoxy) is 1. The van der Waals surface area contributed by atoms with Gasteiger partial charge in [-0.3, -0.25) is 9.36 Å². The number of nitrogens with zero attached hydrogens (tertiary/aromatic N) is 3. The second kappa shape index (κ2) is 10.8. The normalized spacial score (nSPS) is 15.0. The number of aromatic carboxylic acids is 1. The molecule has 2 aromatic heterocycles. The summed E-state index contributed by atoms with van der Waals surface area (Å²) in [5, 5.41) is 9.53. The molecule has 9 nitrogen and oxygen atoms in total. The van der Waals surface area contributed by atoms with Gasteiger partial charge in [0.25, 0.3) is 5.56 Å². The van der Waals surface area contributed by atoms with Crippen LogP contribution in [-0.2, 0) is 9.53 Å². The SMILES string of the molecule is CCOC(=O)C1=C(C)N=c2s/c(=C\c3ccc(-c4ccccc4C(=O)O)o3)c(=O)n2[C@H]1c1ccc(N(C)C)cc1. The van der Waals surface area contributed by atoms with E-state index >= 15 is 0 Å². The number of esters is 1. The van der Waals surface area contributed by atoms with Gasteiger partial charge in [0.2, 0.25) is 0 Å². The van der Waals surface area contributed by atoms with Gasteiger partial charge in [-0.25, -0.2) is 14.6 Å². The van der Waals surface area contributed by atoms with Gasteiger partial charge in [0.05, 0.1) is 34.0 Å². The quantitative estimate of drug-likeness (QED) is 0.344. The fourth-order valence-corrected chi connectivity index (χ4v) is 5.68. The molecule has 40 heavy (non-hydrogen) atoms. The largest absolute Gasteiger partial charge is 0.478 e. The van der Waals surface area contributed by atoms with E-state index in [1.165, 1.54) is 22.0 Å². The van der Waals surface area contributed by atoms with Crippen LogP contribution in [0.4, 0.5) is 5.69 Å². The van der Waals surface area contributed by atoms with Crippen molar-refractivity contribution < 1.29 is 23.8 Å². The van der Waals surface area contributed by atoms with Gasteiger partial charge in [-0.05, 0) is 49.7 Å². The molecule has 1 aliphatic heterocycles. The fourth-order valence-electron chi connectivity index (χ4n) is 4.65. The fraction of sp³-hybridized carbons (Fsp3) is 0.200. The van der Waals surface area contributed by atoms with E-state index in [1.54, 1.807) is 50.3 Å². The minimum atomic E-state index is -1.06. The van der Waals surface area contributed by atoms with Crippen molar-refractivity contribution in [3.63, 3.8) is 0 Å². The van der Waals surface area contributed by atoms with Crippen LogP contribution in [0.5, 0.6) is 0 Å². The summed E-state index contributed by atoms with van der Waals surface area (Å²) in [7, 11) is 3.87. The van der Waals surface area contributed by atoms with Gasteiger partial charge in [-0.1, -0.05) is 41.7 Å². The van der Waals surface area contributed by atoms with Gasteiger partial charge < -0.3 is 19.2 Å². The molecule has 1 N–H and O–H groups in total. The molecule has 0 aliphatic carbocycles. The maximum Gasteiger partial charge on any atom is 0.338 e.